The topological polar surface area (TPSA) is 53.5 Å². The van der Waals surface area contributed by atoms with Gasteiger partial charge in [0, 0.05) is 32.3 Å². The maximum atomic E-state index is 14.0. The van der Waals surface area contributed by atoms with Crippen molar-refractivity contribution < 1.29 is 18.4 Å². The zero-order valence-electron chi connectivity index (χ0n) is 15.9. The Balaban J connectivity index is 1.84. The van der Waals surface area contributed by atoms with E-state index in [1.165, 1.54) is 29.3 Å². The average Bonchev–Trinajstić information content (AvgIpc) is 2.83. The van der Waals surface area contributed by atoms with E-state index in [1.807, 2.05) is 13.8 Å². The van der Waals surface area contributed by atoms with Crippen LogP contribution < -0.4 is 0 Å². The largest absolute Gasteiger partial charge is 0.336 e. The summed E-state index contributed by atoms with van der Waals surface area (Å²) in [7, 11) is 0. The highest BCUT2D eigenvalue weighted by molar-refractivity contribution is 5.95. The summed E-state index contributed by atoms with van der Waals surface area (Å²) in [6.45, 7) is 4.84. The maximum Gasteiger partial charge on any atom is 0.257 e. The molecule has 1 atom stereocenters. The van der Waals surface area contributed by atoms with Gasteiger partial charge in [0.25, 0.3) is 5.91 Å². The maximum absolute atomic E-state index is 14.0. The summed E-state index contributed by atoms with van der Waals surface area (Å²) >= 11 is 0. The number of rotatable bonds is 4. The fourth-order valence-corrected chi connectivity index (χ4v) is 3.44. The van der Waals surface area contributed by atoms with E-state index in [0.29, 0.717) is 13.1 Å². The van der Waals surface area contributed by atoms with E-state index in [-0.39, 0.29) is 42.2 Å². The Morgan fingerprint density at radius 3 is 2.57 bits per heavy atom. The van der Waals surface area contributed by atoms with Crippen molar-refractivity contribution in [3.63, 3.8) is 0 Å². The summed E-state index contributed by atoms with van der Waals surface area (Å²) in [6.07, 6.45) is 2.54. The van der Waals surface area contributed by atoms with Crippen LogP contribution in [0.25, 0.3) is 0 Å². The fourth-order valence-electron chi connectivity index (χ4n) is 3.44. The van der Waals surface area contributed by atoms with Crippen molar-refractivity contribution in [1.29, 1.82) is 0 Å². The van der Waals surface area contributed by atoms with Gasteiger partial charge in [0.1, 0.15) is 5.82 Å². The smallest absolute Gasteiger partial charge is 0.257 e. The molecule has 1 aromatic heterocycles. The molecule has 1 aliphatic heterocycles. The van der Waals surface area contributed by atoms with E-state index in [1.54, 1.807) is 17.0 Å². The van der Waals surface area contributed by atoms with Crippen molar-refractivity contribution in [2.24, 2.45) is 5.92 Å². The molecule has 28 heavy (non-hydrogen) atoms. The van der Waals surface area contributed by atoms with Crippen LogP contribution in [0.3, 0.4) is 0 Å². The van der Waals surface area contributed by atoms with Crippen LogP contribution in [0, 0.1) is 17.6 Å². The Bertz CT molecular complexity index is 855. The van der Waals surface area contributed by atoms with Gasteiger partial charge in [0.05, 0.1) is 17.8 Å². The van der Waals surface area contributed by atoms with E-state index >= 15 is 0 Å². The van der Waals surface area contributed by atoms with Crippen molar-refractivity contribution in [2.75, 3.05) is 13.1 Å². The standard InChI is InChI=1S/C21H23F2N3O2/c1-14(2)19-13-25(21(28)17-7-9-24-11-18(17)23)10-8-20(27)26(19)12-15-3-5-16(22)6-4-15/h3-7,9,11,14,19H,8,10,12-13H2,1-2H3. The van der Waals surface area contributed by atoms with Crippen molar-refractivity contribution >= 4 is 11.8 Å². The molecule has 2 heterocycles. The average molecular weight is 387 g/mol. The Morgan fingerprint density at radius 1 is 1.21 bits per heavy atom. The van der Waals surface area contributed by atoms with Crippen LogP contribution in [0.15, 0.2) is 42.7 Å². The van der Waals surface area contributed by atoms with Gasteiger partial charge < -0.3 is 9.80 Å². The number of amides is 2. The van der Waals surface area contributed by atoms with Crippen LogP contribution in [-0.2, 0) is 11.3 Å². The molecule has 0 aliphatic carbocycles. The van der Waals surface area contributed by atoms with Gasteiger partial charge in [-0.15, -0.1) is 0 Å². The van der Waals surface area contributed by atoms with E-state index < -0.39 is 11.7 Å². The number of benzene rings is 1. The minimum absolute atomic E-state index is 0.0445. The highest BCUT2D eigenvalue weighted by Gasteiger charge is 2.34. The summed E-state index contributed by atoms with van der Waals surface area (Å²) in [4.78, 5) is 32.6. The first-order valence-corrected chi connectivity index (χ1v) is 9.29. The number of halogens is 2. The molecule has 148 valence electrons. The Labute approximate surface area is 163 Å². The van der Waals surface area contributed by atoms with Gasteiger partial charge in [0.15, 0.2) is 5.82 Å². The Kier molecular flexibility index (Phi) is 6.02. The number of carbonyl (C=O) groups excluding carboxylic acids is 2. The number of hydrogen-bond acceptors (Lipinski definition) is 3. The summed E-state index contributed by atoms with van der Waals surface area (Å²) in [5.41, 5.74) is 0.775. The van der Waals surface area contributed by atoms with Crippen LogP contribution in [-0.4, -0.2) is 45.7 Å². The summed E-state index contributed by atoms with van der Waals surface area (Å²) in [6, 6.07) is 7.16. The molecule has 1 aliphatic rings. The zero-order chi connectivity index (χ0) is 20.3. The number of carbonyl (C=O) groups is 2. The first-order chi connectivity index (χ1) is 13.4. The van der Waals surface area contributed by atoms with Gasteiger partial charge in [-0.2, -0.15) is 0 Å². The minimum Gasteiger partial charge on any atom is -0.336 e. The summed E-state index contributed by atoms with van der Waals surface area (Å²) in [5, 5.41) is 0. The molecule has 1 fully saturated rings. The third kappa shape index (κ3) is 4.35. The highest BCUT2D eigenvalue weighted by Crippen LogP contribution is 2.22. The molecule has 5 nitrogen and oxygen atoms in total. The van der Waals surface area contributed by atoms with Crippen LogP contribution in [0.4, 0.5) is 8.78 Å². The van der Waals surface area contributed by atoms with Gasteiger partial charge in [-0.1, -0.05) is 26.0 Å². The Hall–Kier alpha value is -2.83. The molecule has 2 amide bonds. The molecule has 3 rings (SSSR count). The van der Waals surface area contributed by atoms with Gasteiger partial charge in [-0.3, -0.25) is 14.6 Å². The molecular formula is C21H23F2N3O2. The van der Waals surface area contributed by atoms with E-state index in [9.17, 15) is 18.4 Å². The monoisotopic (exact) mass is 387 g/mol. The van der Waals surface area contributed by atoms with E-state index in [2.05, 4.69) is 4.98 Å². The molecule has 0 spiro atoms. The third-order valence-corrected chi connectivity index (χ3v) is 5.05. The molecule has 0 radical (unpaired) electrons. The number of hydrogen-bond donors (Lipinski definition) is 0. The lowest BCUT2D eigenvalue weighted by Crippen LogP contribution is -2.47. The second kappa shape index (κ2) is 8.46. The highest BCUT2D eigenvalue weighted by atomic mass is 19.1. The molecule has 7 heteroatoms. The SMILES string of the molecule is CC(C)C1CN(C(=O)c2ccncc2F)CCC(=O)N1Cc1ccc(F)cc1. The summed E-state index contributed by atoms with van der Waals surface area (Å²) in [5.74, 6) is -1.44. The lowest BCUT2D eigenvalue weighted by molar-refractivity contribution is -0.134. The lowest BCUT2D eigenvalue weighted by Gasteiger charge is -2.34. The first kappa shape index (κ1) is 19.9. The molecule has 0 saturated carbocycles. The second-order valence-corrected chi connectivity index (χ2v) is 7.32. The van der Waals surface area contributed by atoms with Crippen molar-refractivity contribution in [3.8, 4) is 0 Å². The number of pyridine rings is 1. The fraction of sp³-hybridized carbons (Fsp3) is 0.381. The molecule has 1 aromatic carbocycles. The van der Waals surface area contributed by atoms with Crippen molar-refractivity contribution in [2.45, 2.75) is 32.9 Å². The number of nitrogens with zero attached hydrogens (tertiary/aromatic N) is 3. The second-order valence-electron chi connectivity index (χ2n) is 7.32. The lowest BCUT2D eigenvalue weighted by atomic mass is 10.0. The molecule has 0 bridgehead atoms. The van der Waals surface area contributed by atoms with E-state index in [0.717, 1.165) is 11.8 Å². The van der Waals surface area contributed by atoms with Crippen molar-refractivity contribution in [3.05, 3.63) is 65.5 Å². The van der Waals surface area contributed by atoms with Gasteiger partial charge in [0.2, 0.25) is 5.91 Å². The quantitative estimate of drug-likeness (QED) is 0.809. The predicted octanol–water partition coefficient (Wildman–Crippen LogP) is 3.26. The van der Waals surface area contributed by atoms with Crippen LogP contribution in [0.5, 0.6) is 0 Å². The van der Waals surface area contributed by atoms with Crippen LogP contribution in [0.2, 0.25) is 0 Å². The first-order valence-electron chi connectivity index (χ1n) is 9.29. The Morgan fingerprint density at radius 2 is 1.93 bits per heavy atom. The normalized spacial score (nSPS) is 17.8. The predicted molar refractivity (Wildman–Crippen MR) is 100 cm³/mol. The van der Waals surface area contributed by atoms with Gasteiger partial charge in [-0.25, -0.2) is 8.78 Å². The molecular weight excluding hydrogens is 364 g/mol. The van der Waals surface area contributed by atoms with Gasteiger partial charge in [-0.05, 0) is 29.7 Å². The van der Waals surface area contributed by atoms with E-state index in [4.69, 9.17) is 0 Å². The third-order valence-electron chi connectivity index (χ3n) is 5.05. The number of aromatic nitrogens is 1. The van der Waals surface area contributed by atoms with Crippen LogP contribution >= 0.6 is 0 Å². The van der Waals surface area contributed by atoms with Gasteiger partial charge >= 0.3 is 0 Å². The minimum atomic E-state index is -0.674. The molecule has 0 N–H and O–H groups in total. The van der Waals surface area contributed by atoms with Crippen molar-refractivity contribution in [1.82, 2.24) is 14.8 Å². The zero-order valence-corrected chi connectivity index (χ0v) is 15.9. The molecule has 1 saturated heterocycles. The summed E-state index contributed by atoms with van der Waals surface area (Å²) < 4.78 is 27.2. The molecule has 2 aromatic rings. The van der Waals surface area contributed by atoms with Crippen LogP contribution in [0.1, 0.15) is 36.2 Å². The molecule has 1 unspecified atom stereocenters.